The number of carbonyl (C=O) groups is 1. The third-order valence-electron chi connectivity index (χ3n) is 5.24. The first-order chi connectivity index (χ1) is 14.7. The maximum Gasteiger partial charge on any atom is 0.321 e. The second-order valence-corrected chi connectivity index (χ2v) is 7.99. The van der Waals surface area contributed by atoms with E-state index in [1.807, 2.05) is 59.7 Å². The van der Waals surface area contributed by atoms with Gasteiger partial charge in [0.15, 0.2) is 0 Å². The van der Waals surface area contributed by atoms with Crippen molar-refractivity contribution in [3.8, 4) is 17.1 Å². The smallest absolute Gasteiger partial charge is 0.321 e. The van der Waals surface area contributed by atoms with Crippen LogP contribution in [0.2, 0.25) is 0 Å². The highest BCUT2D eigenvalue weighted by atomic mass is 32.2. The van der Waals surface area contributed by atoms with Gasteiger partial charge in [-0.1, -0.05) is 17.3 Å². The number of anilines is 1. The predicted octanol–water partition coefficient (Wildman–Crippen LogP) is 4.88. The second-order valence-electron chi connectivity index (χ2n) is 7.11. The first-order valence-corrected chi connectivity index (χ1v) is 11.1. The Bertz CT molecular complexity index is 998. The van der Waals surface area contributed by atoms with Crippen LogP contribution in [0.25, 0.3) is 11.4 Å². The molecule has 2 amide bonds. The first kappa shape index (κ1) is 20.3. The molecule has 0 spiro atoms. The van der Waals surface area contributed by atoms with Crippen molar-refractivity contribution in [3.05, 3.63) is 54.4 Å². The Labute approximate surface area is 179 Å². The maximum atomic E-state index is 12.6. The number of aromatic nitrogens is 2. The quantitative estimate of drug-likeness (QED) is 0.588. The Morgan fingerprint density at radius 3 is 2.67 bits per heavy atom. The van der Waals surface area contributed by atoms with Gasteiger partial charge in [-0.3, -0.25) is 0 Å². The molecule has 30 heavy (non-hydrogen) atoms. The summed E-state index contributed by atoms with van der Waals surface area (Å²) >= 11 is 1.68. The Balaban J connectivity index is 1.34. The van der Waals surface area contributed by atoms with Crippen LogP contribution in [0, 0.1) is 0 Å². The van der Waals surface area contributed by atoms with E-state index in [1.54, 1.807) is 18.9 Å². The van der Waals surface area contributed by atoms with Crippen LogP contribution < -0.4 is 10.1 Å². The number of urea groups is 1. The van der Waals surface area contributed by atoms with Gasteiger partial charge in [0.2, 0.25) is 11.7 Å². The number of likely N-dealkylation sites (tertiary alicyclic amines) is 1. The van der Waals surface area contributed by atoms with Crippen molar-refractivity contribution in [3.63, 3.8) is 0 Å². The molecular formula is C22H24N4O3S. The summed E-state index contributed by atoms with van der Waals surface area (Å²) in [6, 6.07) is 15.4. The highest BCUT2D eigenvalue weighted by Crippen LogP contribution is 2.29. The van der Waals surface area contributed by atoms with Gasteiger partial charge in [-0.05, 0) is 55.5 Å². The minimum atomic E-state index is -0.0760. The number of rotatable bonds is 5. The lowest BCUT2D eigenvalue weighted by molar-refractivity contribution is 0.187. The Morgan fingerprint density at radius 2 is 1.97 bits per heavy atom. The van der Waals surface area contributed by atoms with Crippen molar-refractivity contribution < 1.29 is 14.1 Å². The van der Waals surface area contributed by atoms with Crippen molar-refractivity contribution >= 4 is 23.5 Å². The van der Waals surface area contributed by atoms with Crippen molar-refractivity contribution in [1.82, 2.24) is 15.0 Å². The molecule has 1 fully saturated rings. The van der Waals surface area contributed by atoms with Crippen LogP contribution in [0.3, 0.4) is 0 Å². The van der Waals surface area contributed by atoms with E-state index in [0.717, 1.165) is 29.8 Å². The number of thioether (sulfide) groups is 1. The van der Waals surface area contributed by atoms with Crippen molar-refractivity contribution in [2.24, 2.45) is 0 Å². The van der Waals surface area contributed by atoms with E-state index in [9.17, 15) is 4.79 Å². The summed E-state index contributed by atoms with van der Waals surface area (Å²) in [5.41, 5.74) is 1.66. The summed E-state index contributed by atoms with van der Waals surface area (Å²) in [7, 11) is 1.63. The Kier molecular flexibility index (Phi) is 6.23. The predicted molar refractivity (Wildman–Crippen MR) is 117 cm³/mol. The number of ether oxygens (including phenoxy) is 1. The van der Waals surface area contributed by atoms with E-state index < -0.39 is 0 Å². The molecule has 0 unspecified atom stereocenters. The summed E-state index contributed by atoms with van der Waals surface area (Å²) in [6.07, 6.45) is 3.61. The van der Waals surface area contributed by atoms with Crippen molar-refractivity contribution in [1.29, 1.82) is 0 Å². The Hall–Kier alpha value is -3.00. The molecule has 1 aliphatic heterocycles. The van der Waals surface area contributed by atoms with E-state index in [0.29, 0.717) is 24.8 Å². The van der Waals surface area contributed by atoms with E-state index in [2.05, 4.69) is 15.5 Å². The number of carbonyl (C=O) groups excluding carboxylic acids is 1. The largest absolute Gasteiger partial charge is 0.497 e. The first-order valence-electron chi connectivity index (χ1n) is 9.84. The molecule has 1 saturated heterocycles. The van der Waals surface area contributed by atoms with Crippen molar-refractivity contribution in [2.75, 3.05) is 31.8 Å². The third-order valence-corrected chi connectivity index (χ3v) is 5.99. The molecule has 7 nitrogen and oxygen atoms in total. The molecule has 2 heterocycles. The maximum absolute atomic E-state index is 12.6. The molecule has 4 rings (SSSR count). The highest BCUT2D eigenvalue weighted by molar-refractivity contribution is 7.98. The number of hydrogen-bond acceptors (Lipinski definition) is 6. The summed E-state index contributed by atoms with van der Waals surface area (Å²) in [5.74, 6) is 2.08. The molecule has 0 saturated carbocycles. The summed E-state index contributed by atoms with van der Waals surface area (Å²) in [4.78, 5) is 20.1. The fourth-order valence-electron chi connectivity index (χ4n) is 3.49. The van der Waals surface area contributed by atoms with E-state index in [1.165, 1.54) is 4.90 Å². The van der Waals surface area contributed by atoms with Gasteiger partial charge in [0.1, 0.15) is 5.75 Å². The van der Waals surface area contributed by atoms with Gasteiger partial charge in [-0.2, -0.15) is 4.98 Å². The highest BCUT2D eigenvalue weighted by Gasteiger charge is 2.27. The zero-order valence-corrected chi connectivity index (χ0v) is 17.8. The van der Waals surface area contributed by atoms with Gasteiger partial charge < -0.3 is 19.5 Å². The van der Waals surface area contributed by atoms with E-state index >= 15 is 0 Å². The van der Waals surface area contributed by atoms with Crippen LogP contribution in [0.1, 0.15) is 24.7 Å². The van der Waals surface area contributed by atoms with Gasteiger partial charge in [-0.15, -0.1) is 11.8 Å². The minimum absolute atomic E-state index is 0.0760. The topological polar surface area (TPSA) is 80.5 Å². The van der Waals surface area contributed by atoms with Gasteiger partial charge in [0, 0.05) is 35.2 Å². The summed E-state index contributed by atoms with van der Waals surface area (Å²) < 4.78 is 10.8. The third kappa shape index (κ3) is 4.59. The molecule has 0 radical (unpaired) electrons. The summed E-state index contributed by atoms with van der Waals surface area (Å²) in [5, 5.41) is 7.09. The zero-order chi connectivity index (χ0) is 20.9. The van der Waals surface area contributed by atoms with Crippen LogP contribution in [0.4, 0.5) is 10.5 Å². The number of nitrogens with zero attached hydrogens (tertiary/aromatic N) is 3. The fourth-order valence-corrected chi connectivity index (χ4v) is 3.90. The van der Waals surface area contributed by atoms with Crippen LogP contribution in [0.5, 0.6) is 5.75 Å². The SMILES string of the molecule is COc1cccc(-c2noc(C3CCN(C(=O)Nc4ccc(SC)cc4)CC3)n2)c1. The molecule has 0 atom stereocenters. The molecule has 1 aliphatic rings. The van der Waals surface area contributed by atoms with Gasteiger partial charge in [0.05, 0.1) is 7.11 Å². The van der Waals surface area contributed by atoms with Crippen LogP contribution in [-0.4, -0.2) is 47.5 Å². The minimum Gasteiger partial charge on any atom is -0.497 e. The standard InChI is InChI=1S/C22H24N4O3S/c1-28-18-5-3-4-16(14-18)20-24-21(29-25-20)15-10-12-26(13-11-15)22(27)23-17-6-8-19(30-2)9-7-17/h3-9,14-15H,10-13H2,1-2H3,(H,23,27). The van der Waals surface area contributed by atoms with Gasteiger partial charge in [-0.25, -0.2) is 4.79 Å². The normalized spacial score (nSPS) is 14.5. The molecule has 0 bridgehead atoms. The number of benzene rings is 2. The fraction of sp³-hybridized carbons (Fsp3) is 0.318. The van der Waals surface area contributed by atoms with Gasteiger partial charge in [0.25, 0.3) is 0 Å². The number of amides is 2. The van der Waals surface area contributed by atoms with Crippen LogP contribution in [0.15, 0.2) is 57.9 Å². The average molecular weight is 425 g/mol. The van der Waals surface area contributed by atoms with E-state index in [-0.39, 0.29) is 11.9 Å². The summed E-state index contributed by atoms with van der Waals surface area (Å²) in [6.45, 7) is 1.30. The number of methoxy groups -OCH3 is 1. The Morgan fingerprint density at radius 1 is 1.20 bits per heavy atom. The van der Waals surface area contributed by atoms with E-state index in [4.69, 9.17) is 9.26 Å². The van der Waals surface area contributed by atoms with Crippen LogP contribution >= 0.6 is 11.8 Å². The number of nitrogens with one attached hydrogen (secondary N) is 1. The molecule has 8 heteroatoms. The molecule has 1 aromatic heterocycles. The molecule has 0 aliphatic carbocycles. The monoisotopic (exact) mass is 424 g/mol. The number of piperidine rings is 1. The second kappa shape index (κ2) is 9.21. The molecule has 1 N–H and O–H groups in total. The molecule has 156 valence electrons. The average Bonchev–Trinajstić information content (AvgIpc) is 3.30. The lowest BCUT2D eigenvalue weighted by Crippen LogP contribution is -2.40. The lowest BCUT2D eigenvalue weighted by Gasteiger charge is -2.30. The molecule has 3 aromatic rings. The molecule has 2 aromatic carbocycles. The number of hydrogen-bond donors (Lipinski definition) is 1. The molecular weight excluding hydrogens is 400 g/mol. The lowest BCUT2D eigenvalue weighted by atomic mass is 9.97. The van der Waals surface area contributed by atoms with Crippen LogP contribution in [-0.2, 0) is 0 Å². The van der Waals surface area contributed by atoms with Crippen molar-refractivity contribution in [2.45, 2.75) is 23.7 Å². The van der Waals surface area contributed by atoms with Gasteiger partial charge >= 0.3 is 6.03 Å². The zero-order valence-electron chi connectivity index (χ0n) is 17.0.